The van der Waals surface area contributed by atoms with Crippen LogP contribution in [0.1, 0.15) is 31.7 Å². The van der Waals surface area contributed by atoms with Crippen LogP contribution >= 0.6 is 0 Å². The van der Waals surface area contributed by atoms with E-state index in [2.05, 4.69) is 25.1 Å². The molecule has 0 spiro atoms. The monoisotopic (exact) mass is 169 g/mol. The molecule has 1 heteroatoms. The van der Waals surface area contributed by atoms with Crippen LogP contribution in [0.25, 0.3) is 0 Å². The molecule has 0 fully saturated rings. The average molecular weight is 169 g/mol. The molecule has 0 saturated heterocycles. The van der Waals surface area contributed by atoms with Gasteiger partial charge in [0, 0.05) is 0 Å². The van der Waals surface area contributed by atoms with Crippen LogP contribution in [0.3, 0.4) is 0 Å². The number of hydrogen-bond donors (Lipinski definition) is 0. The Bertz CT molecular complexity index is 182. The van der Waals surface area contributed by atoms with Gasteiger partial charge in [0.1, 0.15) is 0 Å². The van der Waals surface area contributed by atoms with Crippen molar-refractivity contribution in [2.45, 2.75) is 38.2 Å². The molecule has 13 heavy (non-hydrogen) atoms. The molecule has 0 aromatic heterocycles. The van der Waals surface area contributed by atoms with Crippen LogP contribution in [0.2, 0.25) is 5.60 Å². The van der Waals surface area contributed by atoms with Gasteiger partial charge in [-0.25, -0.2) is 0 Å². The predicted molar refractivity (Wildman–Crippen MR) is 60.1 cm³/mol. The molecule has 1 aromatic rings. The van der Waals surface area contributed by atoms with Gasteiger partial charge in [-0.1, -0.05) is 44.0 Å². The van der Waals surface area contributed by atoms with E-state index in [1.54, 1.807) is 0 Å². The number of aryl methyl sites for hydroxylation is 1. The Morgan fingerprint density at radius 2 is 1.77 bits per heavy atom. The predicted octanol–water partition coefficient (Wildman–Crippen LogP) is 3.42. The van der Waals surface area contributed by atoms with Crippen molar-refractivity contribution in [1.82, 2.24) is 0 Å². The molecule has 0 N–H and O–H groups in total. The summed E-state index contributed by atoms with van der Waals surface area (Å²) in [6, 6.07) is 11.3. The Morgan fingerprint density at radius 3 is 2.31 bits per heavy atom. The number of rotatable bonds is 4. The van der Waals surface area contributed by atoms with Gasteiger partial charge in [0.2, 0.25) is 0 Å². The molecule has 0 saturated carbocycles. The second-order valence-electron chi connectivity index (χ2n) is 2.87. The van der Waals surface area contributed by atoms with Crippen molar-refractivity contribution in [1.29, 1.82) is 0 Å². The van der Waals surface area contributed by atoms with Gasteiger partial charge in [-0.3, -0.25) is 0 Å². The fourth-order valence-electron chi connectivity index (χ4n) is 1.17. The second kappa shape index (κ2) is 9.90. The van der Waals surface area contributed by atoms with E-state index in [1.165, 1.54) is 31.2 Å². The number of benzene rings is 1. The summed E-state index contributed by atoms with van der Waals surface area (Å²) >= 11 is 2.00. The molecule has 0 amide bonds. The third kappa shape index (κ3) is 6.93. The first kappa shape index (κ1) is 12.8. The third-order valence-electron chi connectivity index (χ3n) is 1.86. The van der Waals surface area contributed by atoms with Gasteiger partial charge < -0.3 is 0 Å². The SMILES string of the molecule is CCCCCc1cc[c]cc1.[Li][CH3]. The molecule has 0 unspecified atom stereocenters. The van der Waals surface area contributed by atoms with E-state index in [9.17, 15) is 0 Å². The first-order chi connectivity index (χ1) is 6.43. The Morgan fingerprint density at radius 1 is 1.15 bits per heavy atom. The normalized spacial score (nSPS) is 8.92. The Balaban J connectivity index is 0.000000671. The van der Waals surface area contributed by atoms with Crippen LogP contribution in [-0.4, -0.2) is 17.7 Å². The Labute approximate surface area is 91.9 Å². The number of unbranched alkanes of at least 4 members (excludes halogenated alkanes) is 2. The topological polar surface area (TPSA) is 0 Å². The molecular weight excluding hydrogens is 151 g/mol. The van der Waals surface area contributed by atoms with Crippen molar-refractivity contribution in [3.05, 3.63) is 35.9 Å². The fourth-order valence-corrected chi connectivity index (χ4v) is 1.17. The van der Waals surface area contributed by atoms with Crippen molar-refractivity contribution in [3.8, 4) is 0 Å². The van der Waals surface area contributed by atoms with E-state index < -0.39 is 0 Å². The Kier molecular flexibility index (Phi) is 9.76. The van der Waals surface area contributed by atoms with Gasteiger partial charge >= 0.3 is 23.3 Å². The van der Waals surface area contributed by atoms with Crippen molar-refractivity contribution in [2.24, 2.45) is 0 Å². The van der Waals surface area contributed by atoms with Gasteiger partial charge in [-0.15, -0.1) is 0 Å². The summed E-state index contributed by atoms with van der Waals surface area (Å²) in [7, 11) is 0. The Hall–Kier alpha value is -0.183. The van der Waals surface area contributed by atoms with Gasteiger partial charge in [0.25, 0.3) is 0 Å². The maximum atomic E-state index is 3.02. The van der Waals surface area contributed by atoms with E-state index in [4.69, 9.17) is 0 Å². The zero-order valence-corrected chi connectivity index (χ0v) is 9.14. The summed E-state index contributed by atoms with van der Waals surface area (Å²) in [5.41, 5.74) is 3.44. The molecule has 0 aliphatic rings. The first-order valence-corrected chi connectivity index (χ1v) is 5.38. The standard InChI is InChI=1S/C11H15.CH3.Li/c1-2-3-5-8-11-9-6-4-7-10-11;;/h6-7,9-10H,2-3,5,8H2,1H3;1H3;. The second-order valence-corrected chi connectivity index (χ2v) is 2.87. The molecule has 0 bridgehead atoms. The van der Waals surface area contributed by atoms with E-state index in [0.29, 0.717) is 0 Å². The van der Waals surface area contributed by atoms with Crippen LogP contribution in [0.5, 0.6) is 0 Å². The molecule has 0 atom stereocenters. The van der Waals surface area contributed by atoms with Crippen LogP contribution in [0, 0.1) is 6.07 Å². The van der Waals surface area contributed by atoms with Crippen molar-refractivity contribution < 1.29 is 0 Å². The minimum absolute atomic E-state index is 1.22. The zero-order chi connectivity index (χ0) is 9.94. The van der Waals surface area contributed by atoms with E-state index >= 15 is 0 Å². The zero-order valence-electron chi connectivity index (χ0n) is 9.14. The molecule has 0 heterocycles. The van der Waals surface area contributed by atoms with Gasteiger partial charge in [0.05, 0.1) is 0 Å². The van der Waals surface area contributed by atoms with E-state index in [1.807, 2.05) is 35.4 Å². The van der Waals surface area contributed by atoms with Gasteiger partial charge in [-0.2, -0.15) is 0 Å². The summed E-state index contributed by atoms with van der Waals surface area (Å²) in [5, 5.41) is 0. The molecular formula is C12H18Li. The average Bonchev–Trinajstić information content (AvgIpc) is 2.23. The van der Waals surface area contributed by atoms with Crippen LogP contribution in [0.4, 0.5) is 0 Å². The van der Waals surface area contributed by atoms with Crippen LogP contribution in [0.15, 0.2) is 24.3 Å². The van der Waals surface area contributed by atoms with E-state index in [0.717, 1.165) is 0 Å². The molecule has 0 aliphatic carbocycles. The third-order valence-corrected chi connectivity index (χ3v) is 1.86. The summed E-state index contributed by atoms with van der Waals surface area (Å²) in [5.74, 6) is 0. The molecule has 1 aromatic carbocycles. The summed E-state index contributed by atoms with van der Waals surface area (Å²) in [4.78, 5) is 0. The van der Waals surface area contributed by atoms with Crippen molar-refractivity contribution >= 4 is 17.7 Å². The molecule has 67 valence electrons. The molecule has 1 rings (SSSR count). The maximum absolute atomic E-state index is 3.02. The van der Waals surface area contributed by atoms with Crippen molar-refractivity contribution in [2.75, 3.05) is 0 Å². The van der Waals surface area contributed by atoms with Gasteiger partial charge in [-0.05, 0) is 24.5 Å². The summed E-state index contributed by atoms with van der Waals surface area (Å²) in [6.07, 6.45) is 5.20. The van der Waals surface area contributed by atoms with Crippen LogP contribution in [-0.2, 0) is 6.42 Å². The number of hydrogen-bond acceptors (Lipinski definition) is 0. The molecule has 0 aliphatic heterocycles. The quantitative estimate of drug-likeness (QED) is 0.478. The molecule has 0 nitrogen and oxygen atoms in total. The minimum atomic E-state index is 1.22. The summed E-state index contributed by atoms with van der Waals surface area (Å²) in [6.45, 7) is 2.23. The van der Waals surface area contributed by atoms with E-state index in [-0.39, 0.29) is 0 Å². The molecule has 1 radical (unpaired) electrons. The van der Waals surface area contributed by atoms with Gasteiger partial charge in [0.15, 0.2) is 0 Å². The van der Waals surface area contributed by atoms with Crippen LogP contribution < -0.4 is 0 Å². The fraction of sp³-hybridized carbons (Fsp3) is 0.500. The van der Waals surface area contributed by atoms with Crippen molar-refractivity contribution in [3.63, 3.8) is 0 Å². The summed E-state index contributed by atoms with van der Waals surface area (Å²) < 4.78 is 0. The first-order valence-electron chi connectivity index (χ1n) is 5.38.